The van der Waals surface area contributed by atoms with Crippen LogP contribution in [0.3, 0.4) is 0 Å². The fraction of sp³-hybridized carbons (Fsp3) is 0.556. The molecule has 1 aromatic rings. The molecular weight excluding hydrogens is 505 g/mol. The van der Waals surface area contributed by atoms with Crippen molar-refractivity contribution in [1.29, 1.82) is 0 Å². The molecule has 11 heteroatoms. The molecule has 0 bridgehead atoms. The van der Waals surface area contributed by atoms with Crippen LogP contribution in [0.2, 0.25) is 0 Å². The van der Waals surface area contributed by atoms with Gasteiger partial charge in [-0.25, -0.2) is 4.39 Å². The third kappa shape index (κ3) is 7.28. The quantitative estimate of drug-likeness (QED) is 0.202. The fourth-order valence-corrected chi connectivity index (χ4v) is 2.95. The van der Waals surface area contributed by atoms with Crippen LogP contribution in [0.25, 0.3) is 0 Å². The summed E-state index contributed by atoms with van der Waals surface area (Å²) in [6.45, 7) is 3.17. The van der Waals surface area contributed by atoms with E-state index in [1.54, 1.807) is 13.1 Å². The van der Waals surface area contributed by atoms with Crippen LogP contribution >= 0.6 is 24.0 Å². The highest BCUT2D eigenvalue weighted by Crippen LogP contribution is 2.25. The second-order valence-corrected chi connectivity index (χ2v) is 6.45. The average molecular weight is 531 g/mol. The standard InChI is InChI=1S/C18H25F4N5O.HI/c1-13(18(20,21)22)26-9-11-27(12-10-26)17(23-2)25-8-7-24-16(28)14-5-3-4-6-15(14)19;/h3-6,13H,7-12H2,1-2H3,(H,23,25)(H,24,28);1H. The van der Waals surface area contributed by atoms with Gasteiger partial charge in [0, 0.05) is 46.3 Å². The van der Waals surface area contributed by atoms with Gasteiger partial charge < -0.3 is 15.5 Å². The molecule has 1 amide bonds. The molecule has 0 aromatic heterocycles. The molecule has 0 aliphatic carbocycles. The Labute approximate surface area is 184 Å². The molecular formula is C18H26F4IN5O. The van der Waals surface area contributed by atoms with E-state index in [1.807, 2.05) is 4.90 Å². The van der Waals surface area contributed by atoms with E-state index < -0.39 is 23.9 Å². The summed E-state index contributed by atoms with van der Waals surface area (Å²) in [5.41, 5.74) is -0.0261. The minimum absolute atomic E-state index is 0. The van der Waals surface area contributed by atoms with Gasteiger partial charge in [0.1, 0.15) is 11.9 Å². The maximum atomic E-state index is 13.6. The topological polar surface area (TPSA) is 60.0 Å². The van der Waals surface area contributed by atoms with E-state index in [0.29, 0.717) is 25.6 Å². The zero-order valence-electron chi connectivity index (χ0n) is 16.3. The van der Waals surface area contributed by atoms with Crippen LogP contribution in [-0.2, 0) is 0 Å². The number of alkyl halides is 3. The lowest BCUT2D eigenvalue weighted by atomic mass is 10.2. The largest absolute Gasteiger partial charge is 0.403 e. The molecule has 0 spiro atoms. The smallest absolute Gasteiger partial charge is 0.354 e. The number of aliphatic imine (C=N–C) groups is 1. The highest BCUT2D eigenvalue weighted by atomic mass is 127. The van der Waals surface area contributed by atoms with Crippen molar-refractivity contribution in [1.82, 2.24) is 20.4 Å². The van der Waals surface area contributed by atoms with Crippen molar-refractivity contribution in [3.05, 3.63) is 35.6 Å². The molecule has 1 aliphatic heterocycles. The first-order chi connectivity index (χ1) is 13.2. The van der Waals surface area contributed by atoms with Gasteiger partial charge in [-0.05, 0) is 19.1 Å². The van der Waals surface area contributed by atoms with Gasteiger partial charge in [0.2, 0.25) is 0 Å². The van der Waals surface area contributed by atoms with Crippen molar-refractivity contribution in [2.24, 2.45) is 4.99 Å². The molecule has 0 radical (unpaired) electrons. The van der Waals surface area contributed by atoms with E-state index in [2.05, 4.69) is 15.6 Å². The van der Waals surface area contributed by atoms with Crippen molar-refractivity contribution in [3.63, 3.8) is 0 Å². The van der Waals surface area contributed by atoms with Gasteiger partial charge >= 0.3 is 6.18 Å². The predicted molar refractivity (Wildman–Crippen MR) is 114 cm³/mol. The summed E-state index contributed by atoms with van der Waals surface area (Å²) in [6.07, 6.45) is -4.24. The Morgan fingerprint density at radius 3 is 2.28 bits per heavy atom. The van der Waals surface area contributed by atoms with Gasteiger partial charge in [-0.1, -0.05) is 12.1 Å². The van der Waals surface area contributed by atoms with E-state index in [1.165, 1.54) is 30.0 Å². The number of carbonyl (C=O) groups excluding carboxylic acids is 1. The SMILES string of the molecule is CN=C(NCCNC(=O)c1ccccc1F)N1CCN(C(C)C(F)(F)F)CC1.I. The molecule has 2 N–H and O–H groups in total. The van der Waals surface area contributed by atoms with Gasteiger partial charge in [0.15, 0.2) is 5.96 Å². The normalized spacial score (nSPS) is 16.8. The van der Waals surface area contributed by atoms with E-state index in [9.17, 15) is 22.4 Å². The number of hydrogen-bond donors (Lipinski definition) is 2. The van der Waals surface area contributed by atoms with E-state index in [4.69, 9.17) is 0 Å². The van der Waals surface area contributed by atoms with Gasteiger partial charge in [0.05, 0.1) is 5.56 Å². The molecule has 1 unspecified atom stereocenters. The highest BCUT2D eigenvalue weighted by Gasteiger charge is 2.41. The van der Waals surface area contributed by atoms with Crippen LogP contribution < -0.4 is 10.6 Å². The number of benzene rings is 1. The Morgan fingerprint density at radius 1 is 1.14 bits per heavy atom. The first kappa shape index (κ1) is 25.4. The molecule has 1 aliphatic rings. The van der Waals surface area contributed by atoms with Crippen molar-refractivity contribution in [2.75, 3.05) is 46.3 Å². The molecule has 0 saturated carbocycles. The first-order valence-electron chi connectivity index (χ1n) is 9.03. The lowest BCUT2D eigenvalue weighted by Gasteiger charge is -2.39. The van der Waals surface area contributed by atoms with Crippen molar-refractivity contribution in [2.45, 2.75) is 19.1 Å². The monoisotopic (exact) mass is 531 g/mol. The molecule has 29 heavy (non-hydrogen) atoms. The second-order valence-electron chi connectivity index (χ2n) is 6.45. The summed E-state index contributed by atoms with van der Waals surface area (Å²) in [6, 6.07) is 4.23. The Hall–Kier alpha value is -1.63. The molecule has 164 valence electrons. The number of halogens is 5. The number of piperazine rings is 1. The van der Waals surface area contributed by atoms with Crippen LogP contribution in [0, 0.1) is 5.82 Å². The molecule has 1 fully saturated rings. The number of rotatable bonds is 5. The van der Waals surface area contributed by atoms with Crippen LogP contribution in [0.15, 0.2) is 29.3 Å². The lowest BCUT2D eigenvalue weighted by Crippen LogP contribution is -2.57. The third-order valence-corrected chi connectivity index (χ3v) is 4.66. The number of carbonyl (C=O) groups is 1. The van der Waals surface area contributed by atoms with Gasteiger partial charge in [-0.15, -0.1) is 24.0 Å². The number of amides is 1. The third-order valence-electron chi connectivity index (χ3n) is 4.66. The number of nitrogens with zero attached hydrogens (tertiary/aromatic N) is 3. The summed E-state index contributed by atoms with van der Waals surface area (Å²) in [7, 11) is 1.59. The molecule has 1 aromatic carbocycles. The van der Waals surface area contributed by atoms with E-state index in [-0.39, 0.29) is 49.2 Å². The highest BCUT2D eigenvalue weighted by molar-refractivity contribution is 14.0. The predicted octanol–water partition coefficient (Wildman–Crippen LogP) is 2.32. The van der Waals surface area contributed by atoms with Crippen molar-refractivity contribution < 1.29 is 22.4 Å². The number of nitrogens with one attached hydrogen (secondary N) is 2. The zero-order chi connectivity index (χ0) is 20.7. The Bertz CT molecular complexity index is 693. The van der Waals surface area contributed by atoms with Crippen molar-refractivity contribution >= 4 is 35.8 Å². The molecule has 6 nitrogen and oxygen atoms in total. The van der Waals surface area contributed by atoms with Gasteiger partial charge in [-0.3, -0.25) is 14.7 Å². The van der Waals surface area contributed by atoms with Gasteiger partial charge in [-0.2, -0.15) is 13.2 Å². The maximum absolute atomic E-state index is 13.6. The molecule has 1 atom stereocenters. The Morgan fingerprint density at radius 2 is 1.72 bits per heavy atom. The average Bonchev–Trinajstić information content (AvgIpc) is 2.67. The number of hydrogen-bond acceptors (Lipinski definition) is 3. The van der Waals surface area contributed by atoms with E-state index >= 15 is 0 Å². The van der Waals surface area contributed by atoms with Crippen molar-refractivity contribution in [3.8, 4) is 0 Å². The Balaban J connectivity index is 0.00000420. The maximum Gasteiger partial charge on any atom is 0.403 e. The van der Waals surface area contributed by atoms with Crippen LogP contribution in [0.5, 0.6) is 0 Å². The summed E-state index contributed by atoms with van der Waals surface area (Å²) in [4.78, 5) is 19.4. The summed E-state index contributed by atoms with van der Waals surface area (Å²) < 4.78 is 52.0. The summed E-state index contributed by atoms with van der Waals surface area (Å²) in [5.74, 6) is -0.543. The minimum atomic E-state index is -4.24. The van der Waals surface area contributed by atoms with E-state index in [0.717, 1.165) is 0 Å². The van der Waals surface area contributed by atoms with Crippen LogP contribution in [0.4, 0.5) is 17.6 Å². The number of guanidine groups is 1. The van der Waals surface area contributed by atoms with Crippen LogP contribution in [-0.4, -0.2) is 80.2 Å². The Kier molecular flexibility index (Phi) is 10.1. The summed E-state index contributed by atoms with van der Waals surface area (Å²) in [5, 5.41) is 5.67. The fourth-order valence-electron chi connectivity index (χ4n) is 2.95. The zero-order valence-corrected chi connectivity index (χ0v) is 18.6. The lowest BCUT2D eigenvalue weighted by molar-refractivity contribution is -0.181. The molecule has 1 saturated heterocycles. The minimum Gasteiger partial charge on any atom is -0.354 e. The first-order valence-corrected chi connectivity index (χ1v) is 9.03. The van der Waals surface area contributed by atoms with Crippen LogP contribution in [0.1, 0.15) is 17.3 Å². The second kappa shape index (κ2) is 11.5. The van der Waals surface area contributed by atoms with Gasteiger partial charge in [0.25, 0.3) is 5.91 Å². The summed E-state index contributed by atoms with van der Waals surface area (Å²) >= 11 is 0. The molecule has 2 rings (SSSR count). The molecule has 1 heterocycles.